The summed E-state index contributed by atoms with van der Waals surface area (Å²) >= 11 is 0. The van der Waals surface area contributed by atoms with Crippen molar-refractivity contribution >= 4 is 47.1 Å². The third-order valence-electron chi connectivity index (χ3n) is 10.3. The predicted octanol–water partition coefficient (Wildman–Crippen LogP) is 4.02. The number of carbonyl (C=O) groups is 7. The van der Waals surface area contributed by atoms with E-state index in [1.807, 2.05) is 18.2 Å². The van der Waals surface area contributed by atoms with Crippen molar-refractivity contribution in [3.8, 4) is 0 Å². The summed E-state index contributed by atoms with van der Waals surface area (Å²) in [5, 5.41) is 25.5. The summed E-state index contributed by atoms with van der Waals surface area (Å²) in [6, 6.07) is 22.3. The Morgan fingerprint density at radius 1 is 0.635 bits per heavy atom. The number of amides is 6. The van der Waals surface area contributed by atoms with Crippen molar-refractivity contribution in [2.75, 3.05) is 5.32 Å². The summed E-state index contributed by atoms with van der Waals surface area (Å²) in [4.78, 5) is 94.9. The van der Waals surface area contributed by atoms with E-state index in [0.717, 1.165) is 29.8 Å². The summed E-state index contributed by atoms with van der Waals surface area (Å²) in [7, 11) is 0. The molecule has 0 fully saturated rings. The Morgan fingerprint density at radius 3 is 1.70 bits per heavy atom. The number of carboxylic acid groups (broad SMARTS) is 1. The highest BCUT2D eigenvalue weighted by atomic mass is 19.4. The molecule has 0 aliphatic carbocycles. The fraction of sp³-hybridized carbons (Fsp3) is 0.326. The minimum atomic E-state index is -4.65. The van der Waals surface area contributed by atoms with Crippen LogP contribution in [0.1, 0.15) is 60.9 Å². The molecule has 0 saturated carbocycles. The van der Waals surface area contributed by atoms with Crippen LogP contribution in [0.25, 0.3) is 0 Å². The number of benzene rings is 4. The molecule has 4 aromatic rings. The van der Waals surface area contributed by atoms with E-state index in [1.165, 1.54) is 13.8 Å². The second kappa shape index (κ2) is 21.2. The molecular formula is C46H49F3N6O8. The highest BCUT2D eigenvalue weighted by Gasteiger charge is 2.36. The van der Waals surface area contributed by atoms with Gasteiger partial charge < -0.3 is 37.0 Å². The van der Waals surface area contributed by atoms with Gasteiger partial charge in [0, 0.05) is 37.8 Å². The number of alkyl halides is 3. The van der Waals surface area contributed by atoms with E-state index in [9.17, 15) is 51.8 Å². The summed E-state index contributed by atoms with van der Waals surface area (Å²) in [6.07, 6.45) is -5.50. The molecule has 7 N–H and O–H groups in total. The van der Waals surface area contributed by atoms with Crippen molar-refractivity contribution in [1.29, 1.82) is 0 Å². The summed E-state index contributed by atoms with van der Waals surface area (Å²) < 4.78 is 40.5. The van der Waals surface area contributed by atoms with Crippen LogP contribution < -0.4 is 31.9 Å². The molecule has 4 atom stereocenters. The van der Waals surface area contributed by atoms with Gasteiger partial charge in [0.15, 0.2) is 0 Å². The lowest BCUT2D eigenvalue weighted by molar-refractivity contribution is -0.146. The fourth-order valence-corrected chi connectivity index (χ4v) is 6.71. The minimum Gasteiger partial charge on any atom is -0.480 e. The Morgan fingerprint density at radius 2 is 1.14 bits per heavy atom. The monoisotopic (exact) mass is 870 g/mol. The maximum atomic E-state index is 14.4. The highest BCUT2D eigenvalue weighted by molar-refractivity contribution is 5.97. The van der Waals surface area contributed by atoms with Crippen LogP contribution in [-0.2, 0) is 65.4 Å². The maximum absolute atomic E-state index is 14.4. The first kappa shape index (κ1) is 47.0. The SMILES string of the molecule is CC(C)(NC(=O)C1Cc2ccc(cc2)NC(=O)CCC(=O)NC(CCc2ccccc2)C(=O)NC(Cc2ccc(C(F)(F)F)cc2)C(=O)NC(Cc2ccccc2)C(=O)N1)C(=O)O. The lowest BCUT2D eigenvalue weighted by Gasteiger charge is -2.28. The molecule has 0 aromatic heterocycles. The van der Waals surface area contributed by atoms with Gasteiger partial charge in [0.2, 0.25) is 35.4 Å². The first-order valence-electron chi connectivity index (χ1n) is 20.2. The summed E-state index contributed by atoms with van der Waals surface area (Å²) in [5.41, 5.74) is -0.203. The van der Waals surface area contributed by atoms with E-state index in [1.54, 1.807) is 66.7 Å². The first-order chi connectivity index (χ1) is 29.9. The van der Waals surface area contributed by atoms with Gasteiger partial charge in [0.05, 0.1) is 5.56 Å². The van der Waals surface area contributed by atoms with Gasteiger partial charge in [-0.1, -0.05) is 84.9 Å². The first-order valence-corrected chi connectivity index (χ1v) is 20.2. The Hall–Kier alpha value is -7.04. The average molecular weight is 871 g/mol. The molecule has 2 aliphatic heterocycles. The molecule has 2 aliphatic rings. The zero-order chi connectivity index (χ0) is 45.7. The molecule has 4 aromatic carbocycles. The van der Waals surface area contributed by atoms with Crippen molar-refractivity contribution in [3.05, 3.63) is 137 Å². The number of hydrogen-bond donors (Lipinski definition) is 7. The Balaban J connectivity index is 1.55. The van der Waals surface area contributed by atoms with Gasteiger partial charge in [-0.25, -0.2) is 4.79 Å². The number of carboxylic acids is 1. The van der Waals surface area contributed by atoms with E-state index >= 15 is 0 Å². The third kappa shape index (κ3) is 14.3. The van der Waals surface area contributed by atoms with E-state index in [-0.39, 0.29) is 44.1 Å². The molecule has 0 saturated heterocycles. The quantitative estimate of drug-likeness (QED) is 0.116. The van der Waals surface area contributed by atoms with Crippen molar-refractivity contribution in [2.24, 2.45) is 0 Å². The Bertz CT molecular complexity index is 2260. The number of aryl methyl sites for hydroxylation is 1. The van der Waals surface area contributed by atoms with Crippen molar-refractivity contribution < 1.29 is 51.8 Å². The van der Waals surface area contributed by atoms with Crippen LogP contribution >= 0.6 is 0 Å². The number of halogens is 3. The largest absolute Gasteiger partial charge is 0.480 e. The standard InChI is InChI=1S/C46H49F3N6O8/c1-45(2,44(62)63)55-43(61)37-27-31-15-20-33(21-16-31)50-38(56)23-24-39(57)51-34(22-17-28-9-5-3-6-10-28)40(58)52-36(26-30-13-18-32(19-14-30)46(47,48)49)41(59)53-35(42(60)54-37)25-29-11-7-4-8-12-29/h3-16,18-21,34-37H,17,22-27H2,1-2H3,(H,50,56)(H,51,57)(H,52,58)(H,53,59)(H,54,60)(H,55,61)(H,62,63). The molecule has 6 amide bonds. The van der Waals surface area contributed by atoms with Crippen LogP contribution in [0.4, 0.5) is 18.9 Å². The molecular weight excluding hydrogens is 822 g/mol. The lowest BCUT2D eigenvalue weighted by atomic mass is 9.99. The number of hydrogen-bond acceptors (Lipinski definition) is 7. The van der Waals surface area contributed by atoms with Crippen LogP contribution in [0.2, 0.25) is 0 Å². The summed E-state index contributed by atoms with van der Waals surface area (Å²) in [5.74, 6) is -5.96. The minimum absolute atomic E-state index is 0.0515. The average Bonchev–Trinajstić information content (AvgIpc) is 3.24. The molecule has 2 bridgehead atoms. The molecule has 63 heavy (non-hydrogen) atoms. The molecule has 6 rings (SSSR count). The van der Waals surface area contributed by atoms with Crippen LogP contribution in [0, 0.1) is 0 Å². The second-order valence-electron chi connectivity index (χ2n) is 15.8. The fourth-order valence-electron chi connectivity index (χ4n) is 6.71. The number of rotatable bonds is 10. The topological polar surface area (TPSA) is 212 Å². The van der Waals surface area contributed by atoms with Crippen LogP contribution in [0.3, 0.4) is 0 Å². The second-order valence-corrected chi connectivity index (χ2v) is 15.8. The number of carbonyl (C=O) groups excluding carboxylic acids is 6. The van der Waals surface area contributed by atoms with Gasteiger partial charge in [-0.05, 0) is 73.2 Å². The van der Waals surface area contributed by atoms with Gasteiger partial charge in [-0.2, -0.15) is 13.2 Å². The van der Waals surface area contributed by atoms with Crippen LogP contribution in [0.5, 0.6) is 0 Å². The summed E-state index contributed by atoms with van der Waals surface area (Å²) in [6.45, 7) is 2.53. The van der Waals surface area contributed by atoms with Gasteiger partial charge >= 0.3 is 12.1 Å². The number of anilines is 1. The highest BCUT2D eigenvalue weighted by Crippen LogP contribution is 2.29. The maximum Gasteiger partial charge on any atom is 0.416 e. The van der Waals surface area contributed by atoms with E-state index < -0.39 is 82.9 Å². The zero-order valence-corrected chi connectivity index (χ0v) is 34.6. The van der Waals surface area contributed by atoms with E-state index in [2.05, 4.69) is 31.9 Å². The molecule has 2 heterocycles. The molecule has 0 radical (unpaired) electrons. The molecule has 17 heteroatoms. The molecule has 4 unspecified atom stereocenters. The van der Waals surface area contributed by atoms with E-state index in [0.29, 0.717) is 23.2 Å². The normalized spacial score (nSPS) is 19.6. The van der Waals surface area contributed by atoms with Gasteiger partial charge in [-0.15, -0.1) is 0 Å². The van der Waals surface area contributed by atoms with Crippen molar-refractivity contribution in [2.45, 2.75) is 94.7 Å². The van der Waals surface area contributed by atoms with Crippen LogP contribution in [-0.4, -0.2) is 76.2 Å². The number of nitrogens with one attached hydrogen (secondary N) is 6. The van der Waals surface area contributed by atoms with Crippen molar-refractivity contribution in [3.63, 3.8) is 0 Å². The molecule has 14 nitrogen and oxygen atoms in total. The van der Waals surface area contributed by atoms with Gasteiger partial charge in [0.25, 0.3) is 0 Å². The third-order valence-corrected chi connectivity index (χ3v) is 10.3. The number of fused-ring (bicyclic) bond motifs is 18. The van der Waals surface area contributed by atoms with Crippen LogP contribution in [0.15, 0.2) is 109 Å². The Labute approximate surface area is 361 Å². The van der Waals surface area contributed by atoms with Gasteiger partial charge in [0.1, 0.15) is 29.7 Å². The smallest absolute Gasteiger partial charge is 0.416 e. The van der Waals surface area contributed by atoms with Crippen molar-refractivity contribution in [1.82, 2.24) is 26.6 Å². The van der Waals surface area contributed by atoms with E-state index in [4.69, 9.17) is 0 Å². The lowest BCUT2D eigenvalue weighted by Crippen LogP contribution is -2.61. The Kier molecular flexibility index (Phi) is 15.8. The molecule has 332 valence electrons. The van der Waals surface area contributed by atoms with Gasteiger partial charge in [-0.3, -0.25) is 28.8 Å². The molecule has 0 spiro atoms. The number of aliphatic carboxylic acids is 1. The zero-order valence-electron chi connectivity index (χ0n) is 34.6. The predicted molar refractivity (Wildman–Crippen MR) is 226 cm³/mol.